The van der Waals surface area contributed by atoms with Crippen LogP contribution in [0.2, 0.25) is 0 Å². The second kappa shape index (κ2) is 9.87. The van der Waals surface area contributed by atoms with Gasteiger partial charge in [-0.2, -0.15) is 0 Å². The van der Waals surface area contributed by atoms with Crippen LogP contribution in [0.1, 0.15) is 41.3 Å². The molecular weight excluding hydrogens is 360 g/mol. The van der Waals surface area contributed by atoms with Crippen LogP contribution >= 0.6 is 0 Å². The van der Waals surface area contributed by atoms with Crippen molar-refractivity contribution in [2.75, 3.05) is 6.54 Å². The van der Waals surface area contributed by atoms with E-state index >= 15 is 0 Å². The minimum absolute atomic E-state index is 0.204. The Morgan fingerprint density at radius 3 is 2.48 bits per heavy atom. The molecule has 0 unspecified atom stereocenters. The Kier molecular flexibility index (Phi) is 7.01. The summed E-state index contributed by atoms with van der Waals surface area (Å²) in [6, 6.07) is 19.7. The maximum absolute atomic E-state index is 12.9. The van der Waals surface area contributed by atoms with E-state index in [1.165, 1.54) is 0 Å². The molecule has 0 radical (unpaired) electrons. The van der Waals surface area contributed by atoms with E-state index in [2.05, 4.69) is 12.2 Å². The Labute approximate surface area is 172 Å². The molecule has 0 saturated carbocycles. The van der Waals surface area contributed by atoms with Crippen molar-refractivity contribution in [2.45, 2.75) is 39.7 Å². The third-order valence-electron chi connectivity index (χ3n) is 5.08. The van der Waals surface area contributed by atoms with Crippen molar-refractivity contribution in [3.05, 3.63) is 93.9 Å². The van der Waals surface area contributed by atoms with Crippen LogP contribution in [0.5, 0.6) is 0 Å². The number of rotatable bonds is 8. The number of pyridine rings is 1. The summed E-state index contributed by atoms with van der Waals surface area (Å²) in [6.45, 7) is 5.23. The average Bonchev–Trinajstić information content (AvgIpc) is 2.74. The van der Waals surface area contributed by atoms with Crippen LogP contribution in [0.25, 0.3) is 11.1 Å². The van der Waals surface area contributed by atoms with Crippen LogP contribution < -0.4 is 10.9 Å². The van der Waals surface area contributed by atoms with Crippen molar-refractivity contribution < 1.29 is 4.79 Å². The predicted molar refractivity (Wildman–Crippen MR) is 118 cm³/mol. The van der Waals surface area contributed by atoms with Crippen molar-refractivity contribution in [1.82, 2.24) is 9.88 Å². The summed E-state index contributed by atoms with van der Waals surface area (Å²) in [5.41, 5.74) is 4.18. The maximum Gasteiger partial charge on any atom is 0.263 e. The molecule has 0 aliphatic rings. The van der Waals surface area contributed by atoms with Gasteiger partial charge in [0, 0.05) is 19.3 Å². The summed E-state index contributed by atoms with van der Waals surface area (Å²) in [5.74, 6) is -0.313. The van der Waals surface area contributed by atoms with Gasteiger partial charge in [-0.25, -0.2) is 0 Å². The monoisotopic (exact) mass is 388 g/mol. The highest BCUT2D eigenvalue weighted by Gasteiger charge is 2.15. The van der Waals surface area contributed by atoms with Crippen LogP contribution in [-0.4, -0.2) is 17.0 Å². The fourth-order valence-electron chi connectivity index (χ4n) is 3.40. The summed E-state index contributed by atoms with van der Waals surface area (Å²) in [4.78, 5) is 25.7. The molecule has 3 rings (SSSR count). The van der Waals surface area contributed by atoms with Crippen molar-refractivity contribution >= 4 is 5.91 Å². The number of nitrogens with one attached hydrogen (secondary N) is 1. The molecule has 0 aliphatic heterocycles. The number of amides is 1. The zero-order chi connectivity index (χ0) is 20.6. The van der Waals surface area contributed by atoms with E-state index in [9.17, 15) is 9.59 Å². The number of benzene rings is 2. The van der Waals surface area contributed by atoms with E-state index in [-0.39, 0.29) is 17.0 Å². The predicted octanol–water partition coefficient (Wildman–Crippen LogP) is 4.60. The van der Waals surface area contributed by atoms with Crippen molar-refractivity contribution in [2.24, 2.45) is 0 Å². The van der Waals surface area contributed by atoms with E-state index < -0.39 is 0 Å². The van der Waals surface area contributed by atoms with Gasteiger partial charge >= 0.3 is 0 Å². The Bertz CT molecular complexity index is 1020. The van der Waals surface area contributed by atoms with E-state index in [0.717, 1.165) is 41.5 Å². The van der Waals surface area contributed by atoms with Gasteiger partial charge in [0.15, 0.2) is 0 Å². The van der Waals surface area contributed by atoms with Crippen LogP contribution in [0.4, 0.5) is 0 Å². The molecule has 1 heterocycles. The molecule has 4 nitrogen and oxygen atoms in total. The number of carbonyl (C=O) groups is 1. The Hall–Kier alpha value is -3.14. The normalized spacial score (nSPS) is 10.7. The number of nitrogens with zero attached hydrogens (tertiary/aromatic N) is 1. The minimum atomic E-state index is -0.313. The van der Waals surface area contributed by atoms with Crippen molar-refractivity contribution in [3.8, 4) is 11.1 Å². The van der Waals surface area contributed by atoms with E-state index in [1.807, 2.05) is 67.7 Å². The van der Waals surface area contributed by atoms with E-state index in [4.69, 9.17) is 0 Å². The summed E-state index contributed by atoms with van der Waals surface area (Å²) in [6.07, 6.45) is 4.49. The molecule has 0 saturated heterocycles. The van der Waals surface area contributed by atoms with Gasteiger partial charge in [0.05, 0.1) is 0 Å². The second-order valence-corrected chi connectivity index (χ2v) is 7.30. The average molecular weight is 389 g/mol. The van der Waals surface area contributed by atoms with Gasteiger partial charge in [-0.15, -0.1) is 0 Å². The molecule has 29 heavy (non-hydrogen) atoms. The highest BCUT2D eigenvalue weighted by molar-refractivity contribution is 5.95. The summed E-state index contributed by atoms with van der Waals surface area (Å²) < 4.78 is 1.68. The van der Waals surface area contributed by atoms with Gasteiger partial charge in [0.1, 0.15) is 5.56 Å². The molecule has 1 N–H and O–H groups in total. The van der Waals surface area contributed by atoms with Gasteiger partial charge in [0.25, 0.3) is 11.5 Å². The molecule has 4 heteroatoms. The Morgan fingerprint density at radius 1 is 1.03 bits per heavy atom. The maximum atomic E-state index is 12.9. The van der Waals surface area contributed by atoms with Gasteiger partial charge in [-0.3, -0.25) is 9.59 Å². The first kappa shape index (κ1) is 20.6. The first-order valence-corrected chi connectivity index (χ1v) is 10.2. The highest BCUT2D eigenvalue weighted by atomic mass is 16.2. The lowest BCUT2D eigenvalue weighted by atomic mass is 10.0. The first-order valence-electron chi connectivity index (χ1n) is 10.2. The lowest BCUT2D eigenvalue weighted by Crippen LogP contribution is -2.34. The topological polar surface area (TPSA) is 51.1 Å². The smallest absolute Gasteiger partial charge is 0.263 e. The lowest BCUT2D eigenvalue weighted by Gasteiger charge is -2.13. The molecule has 2 aromatic carbocycles. The Morgan fingerprint density at radius 2 is 1.76 bits per heavy atom. The number of unbranched alkanes of at least 4 members (excludes halogenated alkanes) is 1. The van der Waals surface area contributed by atoms with Crippen LogP contribution in [-0.2, 0) is 13.0 Å². The molecule has 0 atom stereocenters. The zero-order valence-corrected chi connectivity index (χ0v) is 17.2. The standard InChI is InChI=1S/C25H28N2O2/c1-3-4-16-27-18-21(22-13-9-8-10-19(22)2)17-23(25(27)29)24(28)26-15-14-20-11-6-5-7-12-20/h5-13,17-18H,3-4,14-16H2,1-2H3,(H,26,28). The highest BCUT2D eigenvalue weighted by Crippen LogP contribution is 2.23. The molecule has 0 aliphatic carbocycles. The van der Waals surface area contributed by atoms with Gasteiger partial charge in [-0.1, -0.05) is 67.9 Å². The fraction of sp³-hybridized carbons (Fsp3) is 0.280. The largest absolute Gasteiger partial charge is 0.352 e. The van der Waals surface area contributed by atoms with Gasteiger partial charge in [-0.05, 0) is 48.1 Å². The minimum Gasteiger partial charge on any atom is -0.352 e. The second-order valence-electron chi connectivity index (χ2n) is 7.30. The fourth-order valence-corrected chi connectivity index (χ4v) is 3.40. The molecule has 0 bridgehead atoms. The lowest BCUT2D eigenvalue weighted by molar-refractivity contribution is 0.0952. The molecular formula is C25H28N2O2. The molecule has 0 spiro atoms. The molecule has 3 aromatic rings. The summed E-state index contributed by atoms with van der Waals surface area (Å²) in [7, 11) is 0. The molecule has 1 aromatic heterocycles. The van der Waals surface area contributed by atoms with Crippen molar-refractivity contribution in [1.29, 1.82) is 0 Å². The van der Waals surface area contributed by atoms with Crippen LogP contribution in [0.3, 0.4) is 0 Å². The number of aryl methyl sites for hydroxylation is 2. The third kappa shape index (κ3) is 5.23. The Balaban J connectivity index is 1.87. The SMILES string of the molecule is CCCCn1cc(-c2ccccc2C)cc(C(=O)NCCc2ccccc2)c1=O. The summed E-state index contributed by atoms with van der Waals surface area (Å²) >= 11 is 0. The van der Waals surface area contributed by atoms with Crippen LogP contribution in [0.15, 0.2) is 71.7 Å². The molecule has 1 amide bonds. The third-order valence-corrected chi connectivity index (χ3v) is 5.08. The zero-order valence-electron chi connectivity index (χ0n) is 17.2. The number of hydrogen-bond donors (Lipinski definition) is 1. The van der Waals surface area contributed by atoms with E-state index in [1.54, 1.807) is 10.6 Å². The number of hydrogen-bond acceptors (Lipinski definition) is 2. The molecule has 0 fully saturated rings. The molecule has 150 valence electrons. The number of aromatic nitrogens is 1. The van der Waals surface area contributed by atoms with Gasteiger partial charge in [0.2, 0.25) is 0 Å². The van der Waals surface area contributed by atoms with E-state index in [0.29, 0.717) is 13.1 Å². The van der Waals surface area contributed by atoms with Crippen LogP contribution in [0, 0.1) is 6.92 Å². The summed E-state index contributed by atoms with van der Waals surface area (Å²) in [5, 5.41) is 2.91. The number of carbonyl (C=O) groups excluding carboxylic acids is 1. The van der Waals surface area contributed by atoms with Gasteiger partial charge < -0.3 is 9.88 Å². The van der Waals surface area contributed by atoms with Crippen molar-refractivity contribution in [3.63, 3.8) is 0 Å². The first-order chi connectivity index (χ1) is 14.1. The quantitative estimate of drug-likeness (QED) is 0.613.